The van der Waals surface area contributed by atoms with Crippen LogP contribution >= 0.6 is 0 Å². The molecule has 0 spiro atoms. The number of piperidine rings is 1. The summed E-state index contributed by atoms with van der Waals surface area (Å²) in [4.78, 5) is 43.4. The van der Waals surface area contributed by atoms with Gasteiger partial charge in [-0.15, -0.1) is 0 Å². The molecule has 0 aliphatic carbocycles. The average molecular weight is 357 g/mol. The molecular weight excluding hydrogens is 337 g/mol. The van der Waals surface area contributed by atoms with Gasteiger partial charge in [0.2, 0.25) is 11.8 Å². The second-order valence-corrected chi connectivity index (χ2v) is 8.28. The van der Waals surface area contributed by atoms with Crippen LogP contribution in [0.15, 0.2) is 10.9 Å². The van der Waals surface area contributed by atoms with Crippen molar-refractivity contribution in [1.82, 2.24) is 14.9 Å². The maximum Gasteiger partial charge on any atom is 0.263 e. The predicted octanol–water partition coefficient (Wildman–Crippen LogP) is -7.45. The van der Waals surface area contributed by atoms with E-state index < -0.39 is 22.4 Å². The summed E-state index contributed by atoms with van der Waals surface area (Å²) in [5.41, 5.74) is 7.10. The highest BCUT2D eigenvalue weighted by molar-refractivity contribution is 6.55. The summed E-state index contributed by atoms with van der Waals surface area (Å²) in [6.45, 7) is 1.70. The Morgan fingerprint density at radius 2 is 1.78 bits per heavy atom. The number of carbonyl (C=O) groups excluding carboxylic acids is 2. The van der Waals surface area contributed by atoms with Crippen LogP contribution in [0.1, 0.15) is 5.82 Å². The third-order valence-electron chi connectivity index (χ3n) is 6.61. The van der Waals surface area contributed by atoms with Crippen molar-refractivity contribution in [1.29, 1.82) is 0 Å². The molecule has 1 saturated heterocycles. The normalized spacial score (nSPS) is 24.7. The predicted molar refractivity (Wildman–Crippen MR) is 123 cm³/mol. The number of nitrogens with one attached hydrogen (secondary N) is 1. The first-order valence-electron chi connectivity index (χ1n) is 9.00. The molecule has 1 aliphatic heterocycles. The van der Waals surface area contributed by atoms with Crippen LogP contribution in [0, 0.1) is 6.92 Å². The van der Waals surface area contributed by atoms with Gasteiger partial charge in [0, 0.05) is 11.5 Å². The monoisotopic (exact) mass is 358 g/mol. The van der Waals surface area contributed by atoms with E-state index in [4.69, 9.17) is 5.73 Å². The largest absolute Gasteiger partial charge is 0.398 e. The van der Waals surface area contributed by atoms with Crippen molar-refractivity contribution in [2.24, 2.45) is 0 Å². The Hall–Kier alpha value is -2.31. The molecule has 0 saturated carbocycles. The maximum absolute atomic E-state index is 13.6. The quantitative estimate of drug-likeness (QED) is 0.300. The fraction of sp³-hybridized carbons (Fsp3) is 0.286. The molecule has 2 aromatic rings. The Morgan fingerprint density at radius 3 is 2.37 bits per heavy atom. The molecule has 1 aliphatic rings. The SMILES string of the molecule is Bc1cc(B)c2nc(C)n(C3(B)C(=O)NC(=O)C(B)C3(B)B)c(=O)c2c1N. The number of benzene rings is 1. The molecule has 0 bridgehead atoms. The molecule has 2 heterocycles. The number of aryl methyl sites for hydroxylation is 1. The molecule has 27 heavy (non-hydrogen) atoms. The highest BCUT2D eigenvalue weighted by Gasteiger charge is 2.57. The number of hydrogen-bond acceptors (Lipinski definition) is 5. The molecular formula is C14H20B6N4O3. The molecule has 0 radical (unpaired) electrons. The van der Waals surface area contributed by atoms with Crippen molar-refractivity contribution in [3.8, 4) is 0 Å². The van der Waals surface area contributed by atoms with E-state index in [9.17, 15) is 14.4 Å². The van der Waals surface area contributed by atoms with Crippen molar-refractivity contribution in [3.63, 3.8) is 0 Å². The van der Waals surface area contributed by atoms with Gasteiger partial charge in [-0.05, 0) is 6.92 Å². The minimum Gasteiger partial charge on any atom is -0.398 e. The zero-order chi connectivity index (χ0) is 20.5. The van der Waals surface area contributed by atoms with Crippen LogP contribution in [0.4, 0.5) is 5.69 Å². The highest BCUT2D eigenvalue weighted by atomic mass is 16.2. The van der Waals surface area contributed by atoms with Crippen LogP contribution < -0.4 is 27.5 Å². The fourth-order valence-electron chi connectivity index (χ4n) is 4.12. The molecule has 13 heteroatoms. The molecule has 3 N–H and O–H groups in total. The Balaban J connectivity index is 2.48. The molecule has 2 amide bonds. The van der Waals surface area contributed by atoms with Crippen molar-refractivity contribution < 1.29 is 9.59 Å². The van der Waals surface area contributed by atoms with Gasteiger partial charge >= 0.3 is 0 Å². The van der Waals surface area contributed by atoms with E-state index in [1.165, 1.54) is 4.57 Å². The highest BCUT2D eigenvalue weighted by Crippen LogP contribution is 2.48. The fourth-order valence-corrected chi connectivity index (χ4v) is 4.12. The van der Waals surface area contributed by atoms with E-state index in [1.807, 2.05) is 37.5 Å². The second-order valence-electron chi connectivity index (χ2n) is 8.28. The van der Waals surface area contributed by atoms with Crippen LogP contribution in [0.25, 0.3) is 10.9 Å². The summed E-state index contributed by atoms with van der Waals surface area (Å²) in [6, 6.07) is 1.90. The lowest BCUT2D eigenvalue weighted by Gasteiger charge is -2.51. The van der Waals surface area contributed by atoms with E-state index in [-0.39, 0.29) is 11.5 Å². The van der Waals surface area contributed by atoms with E-state index in [0.29, 0.717) is 22.4 Å². The van der Waals surface area contributed by atoms with Gasteiger partial charge in [0.15, 0.2) is 0 Å². The molecule has 2 unspecified atom stereocenters. The number of carbonyl (C=O) groups is 2. The maximum atomic E-state index is 13.6. The smallest absolute Gasteiger partial charge is 0.263 e. The number of hydrogen-bond donors (Lipinski definition) is 2. The van der Waals surface area contributed by atoms with E-state index in [2.05, 4.69) is 10.3 Å². The Bertz CT molecular complexity index is 1080. The summed E-state index contributed by atoms with van der Waals surface area (Å²) in [5, 5.41) is 1.91. The molecule has 3 rings (SSSR count). The summed E-state index contributed by atoms with van der Waals surface area (Å²) < 4.78 is 1.41. The third-order valence-corrected chi connectivity index (χ3v) is 6.61. The van der Waals surface area contributed by atoms with Gasteiger partial charge in [-0.2, -0.15) is 0 Å². The summed E-state index contributed by atoms with van der Waals surface area (Å²) in [5.74, 6) is -0.914. The zero-order valence-corrected chi connectivity index (χ0v) is 16.9. The van der Waals surface area contributed by atoms with Gasteiger partial charge < -0.3 is 5.73 Å². The number of aromatic nitrogens is 2. The van der Waals surface area contributed by atoms with E-state index in [0.717, 1.165) is 10.9 Å². The van der Waals surface area contributed by atoms with Crippen LogP contribution in [-0.4, -0.2) is 68.4 Å². The van der Waals surface area contributed by atoms with Crippen molar-refractivity contribution >= 4 is 86.4 Å². The topological polar surface area (TPSA) is 107 Å². The van der Waals surface area contributed by atoms with Gasteiger partial charge in [0.1, 0.15) is 52.9 Å². The van der Waals surface area contributed by atoms with Gasteiger partial charge in [-0.25, -0.2) is 4.98 Å². The van der Waals surface area contributed by atoms with Gasteiger partial charge in [-0.1, -0.05) is 22.2 Å². The first-order valence-corrected chi connectivity index (χ1v) is 9.00. The lowest BCUT2D eigenvalue weighted by atomic mass is 9.31. The molecule has 1 fully saturated rings. The standard InChI is InChI=1S/C14H20B6N4O3/c1-3-22-8-5(16)2-4(15)7(21)6(8)11(26)24(3)14(20)12(27)23-10(25)9(17)13(14,18)19/h2,9H,15-21H2,1H3,(H,23,25,27). The number of fused-ring (bicyclic) bond motifs is 1. The number of nitrogens with two attached hydrogens (primary N) is 1. The minimum atomic E-state index is -1.30. The molecule has 2 atom stereocenters. The average Bonchev–Trinajstić information content (AvgIpc) is 2.56. The Kier molecular flexibility index (Phi) is 4.21. The van der Waals surface area contributed by atoms with E-state index >= 15 is 0 Å². The molecule has 7 nitrogen and oxygen atoms in total. The van der Waals surface area contributed by atoms with Crippen molar-refractivity contribution in [2.45, 2.75) is 23.4 Å². The van der Waals surface area contributed by atoms with Crippen LogP contribution in [0.2, 0.25) is 11.0 Å². The van der Waals surface area contributed by atoms with E-state index in [1.54, 1.807) is 22.6 Å². The number of nitrogen functional groups attached to an aromatic ring is 1. The first kappa shape index (κ1) is 19.5. The van der Waals surface area contributed by atoms with Crippen LogP contribution in [0.3, 0.4) is 0 Å². The second kappa shape index (κ2) is 5.84. The molecule has 132 valence electrons. The zero-order valence-electron chi connectivity index (χ0n) is 16.9. The van der Waals surface area contributed by atoms with Crippen LogP contribution in [0.5, 0.6) is 0 Å². The van der Waals surface area contributed by atoms with Crippen LogP contribution in [-0.2, 0) is 15.0 Å². The number of anilines is 1. The van der Waals surface area contributed by atoms with Gasteiger partial charge in [0.25, 0.3) is 5.56 Å². The molecule has 1 aromatic heterocycles. The number of nitrogens with zero attached hydrogens (tertiary/aromatic N) is 2. The first-order chi connectivity index (χ1) is 12.4. The summed E-state index contributed by atoms with van der Waals surface area (Å²) in [6.07, 6.45) is 0. The van der Waals surface area contributed by atoms with Crippen molar-refractivity contribution in [2.75, 3.05) is 5.73 Å². The Morgan fingerprint density at radius 1 is 1.19 bits per heavy atom. The Labute approximate surface area is 162 Å². The number of rotatable bonds is 1. The number of amides is 2. The summed E-state index contributed by atoms with van der Waals surface area (Å²) >= 11 is 0. The van der Waals surface area contributed by atoms with Gasteiger partial charge in [0.05, 0.1) is 16.3 Å². The third kappa shape index (κ3) is 2.36. The van der Waals surface area contributed by atoms with Gasteiger partial charge in [-0.3, -0.25) is 24.3 Å². The number of imide groups is 1. The minimum absolute atomic E-state index is 0.312. The lowest BCUT2D eigenvalue weighted by molar-refractivity contribution is -0.138. The summed E-state index contributed by atoms with van der Waals surface area (Å²) in [7, 11) is 10.8. The van der Waals surface area contributed by atoms with Crippen molar-refractivity contribution in [3.05, 3.63) is 22.2 Å². The molecule has 1 aromatic carbocycles. The lowest BCUT2D eigenvalue weighted by Crippen LogP contribution is -2.68.